The smallest absolute Gasteiger partial charge is 0.327 e. The number of nitriles is 1. The van der Waals surface area contributed by atoms with E-state index in [0.29, 0.717) is 11.6 Å². The average molecular weight is 583 g/mol. The van der Waals surface area contributed by atoms with Gasteiger partial charge in [0.15, 0.2) is 0 Å². The van der Waals surface area contributed by atoms with Crippen molar-refractivity contribution < 1.29 is 14.3 Å². The summed E-state index contributed by atoms with van der Waals surface area (Å²) in [5.41, 5.74) is 1.48. The third-order valence-corrected chi connectivity index (χ3v) is 5.57. The summed E-state index contributed by atoms with van der Waals surface area (Å²) in [6.45, 7) is 22.9. The number of esters is 1. The number of carbonyl (C=O) groups is 2. The summed E-state index contributed by atoms with van der Waals surface area (Å²) in [4.78, 5) is 24.1. The zero-order valence-electron chi connectivity index (χ0n) is 25.0. The van der Waals surface area contributed by atoms with E-state index in [0.717, 1.165) is 49.9 Å². The highest BCUT2D eigenvalue weighted by molar-refractivity contribution is 6.29. The van der Waals surface area contributed by atoms with Crippen molar-refractivity contribution in [2.75, 3.05) is 6.61 Å². The molecular formula is C31H49Cl2N3O3. The van der Waals surface area contributed by atoms with E-state index in [2.05, 4.69) is 61.9 Å². The van der Waals surface area contributed by atoms with Crippen molar-refractivity contribution in [3.05, 3.63) is 72.6 Å². The minimum absolute atomic E-state index is 0.101. The first-order valence-corrected chi connectivity index (χ1v) is 14.1. The maximum Gasteiger partial charge on any atom is 0.327 e. The van der Waals surface area contributed by atoms with E-state index in [9.17, 15) is 9.59 Å². The fraction of sp³-hybridized carbons (Fsp3) is 0.516. The molecule has 1 aliphatic carbocycles. The standard InChI is InChI=1S/C17H24Cl2N2O.C5H10.C4H8O2.C3H3N.C2H4/c1-4-13(19)11-14(10-12(2)18)21-15-8-6-5-7-9-17(15,3)20-16(21)22;1-3-5-4-2;1-3-6-4(2)5;1-2-3-4;1-2/h8,10-12H,4-7,9H2,1-3H3,(H,20,22);3,5H,4H2,1-2H3;3H2,1-2H3;2H,1H2;1-2H2/b13-11+,14-10+;5-3-;;;. The van der Waals surface area contributed by atoms with Crippen LogP contribution in [0.1, 0.15) is 87.0 Å². The number of halogens is 2. The summed E-state index contributed by atoms with van der Waals surface area (Å²) >= 11 is 12.4. The van der Waals surface area contributed by atoms with E-state index >= 15 is 0 Å². The number of carbonyl (C=O) groups excluding carboxylic acids is 2. The van der Waals surface area contributed by atoms with Crippen molar-refractivity contribution >= 4 is 35.2 Å². The van der Waals surface area contributed by atoms with E-state index < -0.39 is 0 Å². The third kappa shape index (κ3) is 19.0. The minimum atomic E-state index is -0.297. The number of hydrogen-bond acceptors (Lipinski definition) is 4. The molecule has 6 nitrogen and oxygen atoms in total. The van der Waals surface area contributed by atoms with Crippen LogP contribution in [0.15, 0.2) is 72.6 Å². The van der Waals surface area contributed by atoms with Crippen molar-refractivity contribution in [2.24, 2.45) is 0 Å². The quantitative estimate of drug-likeness (QED) is 0.111. The number of fused-ring (bicyclic) bond motifs is 1. The molecule has 0 aromatic heterocycles. The Kier molecular flexibility index (Phi) is 26.7. The van der Waals surface area contributed by atoms with Crippen LogP contribution in [0.25, 0.3) is 0 Å². The Morgan fingerprint density at radius 3 is 2.28 bits per heavy atom. The highest BCUT2D eigenvalue weighted by Crippen LogP contribution is 2.38. The molecule has 2 amide bonds. The van der Waals surface area contributed by atoms with E-state index in [-0.39, 0.29) is 22.9 Å². The molecule has 8 heteroatoms. The van der Waals surface area contributed by atoms with Crippen molar-refractivity contribution in [1.29, 1.82) is 5.26 Å². The van der Waals surface area contributed by atoms with Gasteiger partial charge in [0.25, 0.3) is 0 Å². The van der Waals surface area contributed by atoms with Gasteiger partial charge in [-0.3, -0.25) is 9.69 Å². The van der Waals surface area contributed by atoms with E-state index in [1.54, 1.807) is 17.9 Å². The van der Waals surface area contributed by atoms with Gasteiger partial charge in [0, 0.05) is 29.4 Å². The average Bonchev–Trinajstić information content (AvgIpc) is 3.00. The van der Waals surface area contributed by atoms with Crippen LogP contribution >= 0.6 is 23.2 Å². The van der Waals surface area contributed by atoms with Crippen molar-refractivity contribution in [2.45, 2.75) is 97.9 Å². The molecule has 220 valence electrons. The normalized spacial score (nSPS) is 18.7. The highest BCUT2D eigenvalue weighted by Gasteiger charge is 2.45. The van der Waals surface area contributed by atoms with Gasteiger partial charge in [0.05, 0.1) is 23.6 Å². The second-order valence-electron chi connectivity index (χ2n) is 8.38. The highest BCUT2D eigenvalue weighted by atomic mass is 35.5. The van der Waals surface area contributed by atoms with Gasteiger partial charge in [0.1, 0.15) is 0 Å². The van der Waals surface area contributed by atoms with Crippen LogP contribution in [0.4, 0.5) is 4.79 Å². The molecule has 1 saturated heterocycles. The molecule has 2 rings (SSSR count). The number of allylic oxidation sites excluding steroid dienone is 7. The number of nitrogens with one attached hydrogen (secondary N) is 1. The van der Waals surface area contributed by atoms with Gasteiger partial charge in [-0.1, -0.05) is 56.7 Å². The largest absolute Gasteiger partial charge is 0.466 e. The summed E-state index contributed by atoms with van der Waals surface area (Å²) in [6, 6.07) is 1.59. The van der Waals surface area contributed by atoms with E-state index in [4.69, 9.17) is 28.5 Å². The summed E-state index contributed by atoms with van der Waals surface area (Å²) in [7, 11) is 0. The molecule has 1 heterocycles. The lowest BCUT2D eigenvalue weighted by Crippen LogP contribution is -2.38. The topological polar surface area (TPSA) is 82.4 Å². The molecule has 1 N–H and O–H groups in total. The Labute approximate surface area is 247 Å². The van der Waals surface area contributed by atoms with Crippen LogP contribution in [-0.2, 0) is 9.53 Å². The van der Waals surface area contributed by atoms with Crippen LogP contribution in [0.3, 0.4) is 0 Å². The fourth-order valence-electron chi connectivity index (χ4n) is 3.46. The zero-order valence-corrected chi connectivity index (χ0v) is 26.5. The second kappa shape index (κ2) is 25.5. The maximum absolute atomic E-state index is 12.6. The summed E-state index contributed by atoms with van der Waals surface area (Å²) in [6.07, 6.45) is 17.3. The Bertz CT molecular complexity index is 886. The fourth-order valence-corrected chi connectivity index (χ4v) is 3.70. The van der Waals surface area contributed by atoms with Gasteiger partial charge in [-0.2, -0.15) is 5.26 Å². The first kappa shape index (κ1) is 40.7. The lowest BCUT2D eigenvalue weighted by atomic mass is 9.94. The molecule has 0 radical (unpaired) electrons. The molecule has 0 saturated carbocycles. The summed E-state index contributed by atoms with van der Waals surface area (Å²) in [5.74, 6) is -0.211. The van der Waals surface area contributed by atoms with Gasteiger partial charge >= 0.3 is 12.0 Å². The Balaban J connectivity index is -0.000000625. The van der Waals surface area contributed by atoms with E-state index in [1.807, 2.05) is 32.9 Å². The zero-order chi connectivity index (χ0) is 30.9. The third-order valence-electron chi connectivity index (χ3n) is 5.07. The van der Waals surface area contributed by atoms with Crippen molar-refractivity contribution in [1.82, 2.24) is 10.2 Å². The predicted octanol–water partition coefficient (Wildman–Crippen LogP) is 9.31. The van der Waals surface area contributed by atoms with Crippen LogP contribution in [0.5, 0.6) is 0 Å². The predicted molar refractivity (Wildman–Crippen MR) is 167 cm³/mol. The monoisotopic (exact) mass is 581 g/mol. The molecule has 2 atom stereocenters. The van der Waals surface area contributed by atoms with Gasteiger partial charge in [-0.15, -0.1) is 24.8 Å². The van der Waals surface area contributed by atoms with Gasteiger partial charge in [0.2, 0.25) is 0 Å². The molecule has 1 aliphatic heterocycles. The Morgan fingerprint density at radius 2 is 1.92 bits per heavy atom. The molecule has 0 bridgehead atoms. The van der Waals surface area contributed by atoms with E-state index in [1.165, 1.54) is 13.0 Å². The van der Waals surface area contributed by atoms with Gasteiger partial charge < -0.3 is 10.1 Å². The van der Waals surface area contributed by atoms with Crippen LogP contribution < -0.4 is 5.32 Å². The Hall–Kier alpha value is -2.75. The number of alkyl halides is 1. The first-order chi connectivity index (χ1) is 18.5. The molecular weight excluding hydrogens is 533 g/mol. The van der Waals surface area contributed by atoms with Crippen LogP contribution in [0, 0.1) is 11.3 Å². The number of hydrogen-bond donors (Lipinski definition) is 1. The molecule has 0 aromatic carbocycles. The van der Waals surface area contributed by atoms with Gasteiger partial charge in [-0.25, -0.2) is 4.79 Å². The molecule has 0 aromatic rings. The number of rotatable bonds is 6. The molecule has 39 heavy (non-hydrogen) atoms. The maximum atomic E-state index is 12.6. The number of nitrogens with zero attached hydrogens (tertiary/aromatic N) is 2. The first-order valence-electron chi connectivity index (χ1n) is 13.3. The number of amides is 2. The number of urea groups is 1. The molecule has 1 fully saturated rings. The molecule has 2 aliphatic rings. The second-order valence-corrected chi connectivity index (χ2v) is 9.56. The van der Waals surface area contributed by atoms with Crippen LogP contribution in [0.2, 0.25) is 0 Å². The lowest BCUT2D eigenvalue weighted by Gasteiger charge is -2.26. The van der Waals surface area contributed by atoms with Crippen LogP contribution in [-0.4, -0.2) is 34.4 Å². The summed E-state index contributed by atoms with van der Waals surface area (Å²) in [5, 5.41) is 11.2. The number of ether oxygens (including phenoxy) is 1. The molecule has 2 unspecified atom stereocenters. The SMILES string of the molecule is C/C=C\CC.C=C.C=CC#N.CC/C(Cl)=C\C(=C/C(C)Cl)N1C(=O)NC2(C)CCCCC=C12.CCOC(C)=O. The van der Waals surface area contributed by atoms with Gasteiger partial charge in [-0.05, 0) is 72.0 Å². The van der Waals surface area contributed by atoms with Crippen molar-refractivity contribution in [3.8, 4) is 6.07 Å². The van der Waals surface area contributed by atoms with Crippen molar-refractivity contribution in [3.63, 3.8) is 0 Å². The molecule has 0 spiro atoms. The Morgan fingerprint density at radius 1 is 1.33 bits per heavy atom. The lowest BCUT2D eigenvalue weighted by molar-refractivity contribution is -0.140. The summed E-state index contributed by atoms with van der Waals surface area (Å²) < 4.78 is 4.40. The minimum Gasteiger partial charge on any atom is -0.466 e.